The van der Waals surface area contributed by atoms with E-state index in [0.29, 0.717) is 0 Å². The van der Waals surface area contributed by atoms with Crippen LogP contribution < -0.4 is 5.32 Å². The zero-order valence-electron chi connectivity index (χ0n) is 11.1. The fourth-order valence-electron chi connectivity index (χ4n) is 2.55. The third-order valence-corrected chi connectivity index (χ3v) is 5.38. The lowest BCUT2D eigenvalue weighted by Gasteiger charge is -2.19. The van der Waals surface area contributed by atoms with Crippen LogP contribution in [0.25, 0.3) is 9.88 Å². The monoisotopic (exact) mass is 293 g/mol. The first-order chi connectivity index (χ1) is 9.31. The second-order valence-electron chi connectivity index (χ2n) is 5.18. The van der Waals surface area contributed by atoms with Crippen LogP contribution >= 0.6 is 22.7 Å². The van der Waals surface area contributed by atoms with Gasteiger partial charge in [0.1, 0.15) is 5.01 Å². The van der Waals surface area contributed by atoms with Crippen LogP contribution in [0.2, 0.25) is 0 Å². The van der Waals surface area contributed by atoms with Crippen molar-refractivity contribution in [2.75, 3.05) is 26.7 Å². The zero-order chi connectivity index (χ0) is 13.1. The lowest BCUT2D eigenvalue weighted by Crippen LogP contribution is -2.26. The maximum atomic E-state index is 4.74. The van der Waals surface area contributed by atoms with Gasteiger partial charge in [0.15, 0.2) is 0 Å². The van der Waals surface area contributed by atoms with Gasteiger partial charge >= 0.3 is 0 Å². The summed E-state index contributed by atoms with van der Waals surface area (Å²) in [5, 5.41) is 8.88. The van der Waals surface area contributed by atoms with Crippen LogP contribution in [-0.2, 0) is 6.54 Å². The number of hydrogen-bond acceptors (Lipinski definition) is 5. The summed E-state index contributed by atoms with van der Waals surface area (Å²) in [4.78, 5) is 8.41. The fraction of sp³-hybridized carbons (Fsp3) is 0.500. The number of hydrogen-bond donors (Lipinski definition) is 1. The molecular formula is C14H19N3S2. The van der Waals surface area contributed by atoms with Crippen LogP contribution in [0.3, 0.4) is 0 Å². The van der Waals surface area contributed by atoms with Crippen molar-refractivity contribution in [3.8, 4) is 9.88 Å². The van der Waals surface area contributed by atoms with E-state index in [2.05, 4.69) is 40.2 Å². The Hall–Kier alpha value is -0.750. The Bertz CT molecular complexity index is 501. The van der Waals surface area contributed by atoms with Crippen LogP contribution in [-0.4, -0.2) is 36.6 Å². The first kappa shape index (κ1) is 13.2. The minimum atomic E-state index is 0.806. The smallest absolute Gasteiger partial charge is 0.133 e. The second-order valence-corrected chi connectivity index (χ2v) is 6.98. The van der Waals surface area contributed by atoms with Gasteiger partial charge in [-0.2, -0.15) is 0 Å². The van der Waals surface area contributed by atoms with Crippen molar-refractivity contribution >= 4 is 22.7 Å². The van der Waals surface area contributed by atoms with E-state index in [1.54, 1.807) is 22.7 Å². The molecule has 3 rings (SSSR count). The van der Waals surface area contributed by atoms with E-state index in [1.807, 2.05) is 0 Å². The SMILES string of the molecule is CN(Cc1csc(-c2cccs2)n1)C[C@@H]1CCNC1. The highest BCUT2D eigenvalue weighted by Crippen LogP contribution is 2.28. The highest BCUT2D eigenvalue weighted by molar-refractivity contribution is 7.20. The van der Waals surface area contributed by atoms with E-state index in [4.69, 9.17) is 4.98 Å². The van der Waals surface area contributed by atoms with E-state index in [1.165, 1.54) is 36.6 Å². The maximum absolute atomic E-state index is 4.74. The number of thiophene rings is 1. The second kappa shape index (κ2) is 6.13. The molecule has 1 atom stereocenters. The van der Waals surface area contributed by atoms with Gasteiger partial charge in [0, 0.05) is 18.5 Å². The molecule has 0 aromatic carbocycles. The van der Waals surface area contributed by atoms with Crippen LogP contribution in [0, 0.1) is 5.92 Å². The summed E-state index contributed by atoms with van der Waals surface area (Å²) in [5.41, 5.74) is 1.20. The molecule has 0 aliphatic carbocycles. The number of thiazole rings is 1. The number of aromatic nitrogens is 1. The summed E-state index contributed by atoms with van der Waals surface area (Å²) < 4.78 is 0. The van der Waals surface area contributed by atoms with Gasteiger partial charge in [0.2, 0.25) is 0 Å². The molecule has 3 nitrogen and oxygen atoms in total. The van der Waals surface area contributed by atoms with Gasteiger partial charge in [-0.15, -0.1) is 22.7 Å². The predicted molar refractivity (Wildman–Crippen MR) is 82.7 cm³/mol. The third kappa shape index (κ3) is 3.42. The molecule has 0 amide bonds. The van der Waals surface area contributed by atoms with E-state index < -0.39 is 0 Å². The van der Waals surface area contributed by atoms with Crippen molar-refractivity contribution < 1.29 is 0 Å². The molecule has 2 aromatic heterocycles. The van der Waals surface area contributed by atoms with Gasteiger partial charge < -0.3 is 10.2 Å². The topological polar surface area (TPSA) is 28.2 Å². The normalized spacial score (nSPS) is 19.4. The lowest BCUT2D eigenvalue weighted by molar-refractivity contribution is 0.276. The van der Waals surface area contributed by atoms with Crippen LogP contribution in [0.15, 0.2) is 22.9 Å². The van der Waals surface area contributed by atoms with Crippen LogP contribution in [0.5, 0.6) is 0 Å². The Morgan fingerprint density at radius 2 is 2.42 bits per heavy atom. The molecule has 0 spiro atoms. The molecule has 2 aromatic rings. The molecule has 1 N–H and O–H groups in total. The fourth-order valence-corrected chi connectivity index (χ4v) is 4.17. The molecule has 5 heteroatoms. The Kier molecular flexibility index (Phi) is 4.28. The van der Waals surface area contributed by atoms with Crippen molar-refractivity contribution in [3.63, 3.8) is 0 Å². The van der Waals surface area contributed by atoms with Gasteiger partial charge in [-0.25, -0.2) is 4.98 Å². The molecule has 1 aliphatic heterocycles. The largest absolute Gasteiger partial charge is 0.316 e. The van der Waals surface area contributed by atoms with Crippen molar-refractivity contribution in [2.24, 2.45) is 5.92 Å². The summed E-state index contributed by atoms with van der Waals surface area (Å²) in [6.45, 7) is 4.47. The van der Waals surface area contributed by atoms with Crippen LogP contribution in [0.4, 0.5) is 0 Å². The first-order valence-corrected chi connectivity index (χ1v) is 8.45. The van der Waals surface area contributed by atoms with E-state index in [0.717, 1.165) is 17.5 Å². The highest BCUT2D eigenvalue weighted by Gasteiger charge is 2.17. The van der Waals surface area contributed by atoms with E-state index in [-0.39, 0.29) is 0 Å². The minimum Gasteiger partial charge on any atom is -0.316 e. The van der Waals surface area contributed by atoms with Gasteiger partial charge in [0.25, 0.3) is 0 Å². The molecule has 3 heterocycles. The molecular weight excluding hydrogens is 274 g/mol. The highest BCUT2D eigenvalue weighted by atomic mass is 32.1. The van der Waals surface area contributed by atoms with Crippen molar-refractivity contribution in [1.29, 1.82) is 0 Å². The van der Waals surface area contributed by atoms with Gasteiger partial charge in [0.05, 0.1) is 10.6 Å². The van der Waals surface area contributed by atoms with E-state index >= 15 is 0 Å². The van der Waals surface area contributed by atoms with Gasteiger partial charge in [-0.3, -0.25) is 0 Å². The molecule has 1 aliphatic rings. The molecule has 1 saturated heterocycles. The summed E-state index contributed by atoms with van der Waals surface area (Å²) in [7, 11) is 2.20. The molecule has 19 heavy (non-hydrogen) atoms. The minimum absolute atomic E-state index is 0.806. The zero-order valence-corrected chi connectivity index (χ0v) is 12.8. The number of nitrogens with zero attached hydrogens (tertiary/aromatic N) is 2. The van der Waals surface area contributed by atoms with Crippen LogP contribution in [0.1, 0.15) is 12.1 Å². The molecule has 0 bridgehead atoms. The Balaban J connectivity index is 1.57. The molecule has 102 valence electrons. The summed E-state index contributed by atoms with van der Waals surface area (Å²) in [6.07, 6.45) is 1.31. The number of nitrogens with one attached hydrogen (secondary N) is 1. The van der Waals surface area contributed by atoms with E-state index in [9.17, 15) is 0 Å². The average molecular weight is 293 g/mol. The molecule has 0 unspecified atom stereocenters. The number of rotatable bonds is 5. The van der Waals surface area contributed by atoms with Gasteiger partial charge in [-0.05, 0) is 43.9 Å². The van der Waals surface area contributed by atoms with Crippen molar-refractivity contribution in [3.05, 3.63) is 28.6 Å². The predicted octanol–water partition coefficient (Wildman–Crippen LogP) is 2.91. The molecule has 0 radical (unpaired) electrons. The average Bonchev–Trinajstić information content (AvgIpc) is 3.09. The maximum Gasteiger partial charge on any atom is 0.133 e. The third-order valence-electron chi connectivity index (χ3n) is 3.45. The quantitative estimate of drug-likeness (QED) is 0.919. The standard InChI is InChI=1S/C14H19N3S2/c1-17(8-11-4-5-15-7-11)9-12-10-19-14(16-12)13-3-2-6-18-13/h2-3,6,10-11,15H,4-5,7-9H2,1H3/t11-/m1/s1. The van der Waals surface area contributed by atoms with Crippen molar-refractivity contribution in [2.45, 2.75) is 13.0 Å². The molecule has 1 fully saturated rings. The summed E-state index contributed by atoms with van der Waals surface area (Å²) >= 11 is 3.51. The lowest BCUT2D eigenvalue weighted by atomic mass is 10.1. The Labute approximate surface area is 122 Å². The summed E-state index contributed by atoms with van der Waals surface area (Å²) in [6, 6.07) is 4.22. The van der Waals surface area contributed by atoms with Gasteiger partial charge in [-0.1, -0.05) is 6.07 Å². The van der Waals surface area contributed by atoms with Crippen molar-refractivity contribution in [1.82, 2.24) is 15.2 Å². The Morgan fingerprint density at radius 3 is 3.16 bits per heavy atom. The summed E-state index contributed by atoms with van der Waals surface area (Å²) in [5.74, 6) is 0.806. The Morgan fingerprint density at radius 1 is 1.47 bits per heavy atom. The molecule has 0 saturated carbocycles. The first-order valence-electron chi connectivity index (χ1n) is 6.69.